The summed E-state index contributed by atoms with van der Waals surface area (Å²) in [5, 5.41) is 18.4. The molecule has 2 fully saturated rings. The minimum atomic E-state index is -0.332. The molecule has 4 atom stereocenters. The molecular formula is C19H28N6O. The minimum Gasteiger partial charge on any atom is -0.391 e. The van der Waals surface area contributed by atoms with Gasteiger partial charge in [-0.2, -0.15) is 5.10 Å². The summed E-state index contributed by atoms with van der Waals surface area (Å²) in [5.74, 6) is 1.93. The van der Waals surface area contributed by atoms with E-state index in [9.17, 15) is 5.11 Å². The van der Waals surface area contributed by atoms with E-state index in [2.05, 4.69) is 45.3 Å². The molecule has 0 radical (unpaired) electrons. The molecule has 1 saturated carbocycles. The van der Waals surface area contributed by atoms with Crippen molar-refractivity contribution >= 4 is 5.82 Å². The van der Waals surface area contributed by atoms with Crippen LogP contribution >= 0.6 is 0 Å². The first-order chi connectivity index (χ1) is 12.6. The first-order valence-corrected chi connectivity index (χ1v) is 9.54. The van der Waals surface area contributed by atoms with Gasteiger partial charge in [-0.1, -0.05) is 0 Å². The van der Waals surface area contributed by atoms with Crippen LogP contribution in [0.25, 0.3) is 0 Å². The average molecular weight is 356 g/mol. The van der Waals surface area contributed by atoms with E-state index in [1.54, 1.807) is 18.6 Å². The normalized spacial score (nSPS) is 29.1. The van der Waals surface area contributed by atoms with Gasteiger partial charge < -0.3 is 10.4 Å². The molecule has 0 amide bonds. The number of hydrogen-bond acceptors (Lipinski definition) is 6. The Kier molecular flexibility index (Phi) is 4.91. The van der Waals surface area contributed by atoms with Crippen LogP contribution in [0, 0.1) is 11.8 Å². The maximum atomic E-state index is 10.6. The lowest BCUT2D eigenvalue weighted by Crippen LogP contribution is -2.43. The Morgan fingerprint density at radius 2 is 2.00 bits per heavy atom. The lowest BCUT2D eigenvalue weighted by Gasteiger charge is -2.35. The summed E-state index contributed by atoms with van der Waals surface area (Å²) in [7, 11) is 0. The highest BCUT2D eigenvalue weighted by atomic mass is 16.3. The molecule has 2 aromatic heterocycles. The van der Waals surface area contributed by atoms with Crippen LogP contribution in [-0.2, 0) is 6.54 Å². The minimum absolute atomic E-state index is 0.0524. The van der Waals surface area contributed by atoms with Gasteiger partial charge in [-0.25, -0.2) is 4.98 Å². The van der Waals surface area contributed by atoms with Crippen LogP contribution in [0.3, 0.4) is 0 Å². The Morgan fingerprint density at radius 3 is 2.69 bits per heavy atom. The zero-order chi connectivity index (χ0) is 18.1. The van der Waals surface area contributed by atoms with Crippen molar-refractivity contribution in [2.45, 2.75) is 51.4 Å². The zero-order valence-corrected chi connectivity index (χ0v) is 15.5. The Bertz CT molecular complexity index is 718. The summed E-state index contributed by atoms with van der Waals surface area (Å²) < 4.78 is 2.02. The molecule has 0 spiro atoms. The number of nitrogens with one attached hydrogen (secondary N) is 1. The van der Waals surface area contributed by atoms with Crippen molar-refractivity contribution in [3.8, 4) is 0 Å². The molecule has 0 aromatic carbocycles. The number of aromatic nitrogens is 4. The van der Waals surface area contributed by atoms with E-state index < -0.39 is 0 Å². The third-order valence-electron chi connectivity index (χ3n) is 5.70. The van der Waals surface area contributed by atoms with Crippen molar-refractivity contribution in [1.29, 1.82) is 0 Å². The van der Waals surface area contributed by atoms with Crippen molar-refractivity contribution in [3.63, 3.8) is 0 Å². The molecule has 0 bridgehead atoms. The number of anilines is 1. The molecule has 1 saturated heterocycles. The standard InChI is InChI=1S/C19H28N6O/c1-13(2)25-10-14(7-22-25)9-24-11-15-5-17(18(26)6-16(15)12-24)23-19-8-20-3-4-21-19/h3-4,7-8,10,13,15-18,26H,5-6,9,11-12H2,1-2H3,(H,21,23)/t15-,16+,17-,18-/m1/s1. The SMILES string of the molecule is CC(C)n1cc(CN2C[C@H]3C[C@@H](Nc4cnccn4)[C@H](O)C[C@H]3C2)cn1. The molecule has 2 aliphatic rings. The maximum Gasteiger partial charge on any atom is 0.144 e. The third kappa shape index (κ3) is 3.73. The molecule has 2 N–H and O–H groups in total. The smallest absolute Gasteiger partial charge is 0.144 e. The maximum absolute atomic E-state index is 10.6. The highest BCUT2D eigenvalue weighted by Crippen LogP contribution is 2.37. The number of nitrogens with zero attached hydrogens (tertiary/aromatic N) is 5. The van der Waals surface area contributed by atoms with E-state index >= 15 is 0 Å². The quantitative estimate of drug-likeness (QED) is 0.852. The number of fused-ring (bicyclic) bond motifs is 1. The average Bonchev–Trinajstić information content (AvgIpc) is 3.23. The molecule has 0 unspecified atom stereocenters. The molecule has 1 aliphatic carbocycles. The van der Waals surface area contributed by atoms with Gasteiger partial charge in [0.1, 0.15) is 5.82 Å². The van der Waals surface area contributed by atoms with Crippen LogP contribution < -0.4 is 5.32 Å². The van der Waals surface area contributed by atoms with Gasteiger partial charge in [-0.05, 0) is 38.5 Å². The summed E-state index contributed by atoms with van der Waals surface area (Å²) in [6.45, 7) is 7.38. The van der Waals surface area contributed by atoms with Gasteiger partial charge in [-0.3, -0.25) is 14.6 Å². The second kappa shape index (κ2) is 7.32. The summed E-state index contributed by atoms with van der Waals surface area (Å²) in [6, 6.07) is 0.449. The fourth-order valence-electron chi connectivity index (χ4n) is 4.38. The van der Waals surface area contributed by atoms with Crippen molar-refractivity contribution in [1.82, 2.24) is 24.6 Å². The number of likely N-dealkylation sites (tertiary alicyclic amines) is 1. The number of hydrogen-bond donors (Lipinski definition) is 2. The lowest BCUT2D eigenvalue weighted by molar-refractivity contribution is 0.0735. The Balaban J connectivity index is 1.36. The molecule has 140 valence electrons. The molecule has 1 aliphatic heterocycles. The first kappa shape index (κ1) is 17.4. The van der Waals surface area contributed by atoms with Crippen LogP contribution in [-0.4, -0.2) is 55.0 Å². The van der Waals surface area contributed by atoms with E-state index in [0.717, 1.165) is 38.3 Å². The monoisotopic (exact) mass is 356 g/mol. The van der Waals surface area contributed by atoms with Crippen molar-refractivity contribution in [2.24, 2.45) is 11.8 Å². The summed E-state index contributed by atoms with van der Waals surface area (Å²) in [4.78, 5) is 10.9. The molecular weight excluding hydrogens is 328 g/mol. The van der Waals surface area contributed by atoms with Crippen molar-refractivity contribution in [3.05, 3.63) is 36.5 Å². The predicted molar refractivity (Wildman–Crippen MR) is 99.6 cm³/mol. The van der Waals surface area contributed by atoms with E-state index in [-0.39, 0.29) is 12.1 Å². The van der Waals surface area contributed by atoms with E-state index in [0.29, 0.717) is 17.9 Å². The van der Waals surface area contributed by atoms with E-state index in [4.69, 9.17) is 0 Å². The Labute approximate surface area is 154 Å². The second-order valence-electron chi connectivity index (χ2n) is 8.02. The molecule has 7 heteroatoms. The molecule has 4 rings (SSSR count). The first-order valence-electron chi connectivity index (χ1n) is 9.54. The molecule has 7 nitrogen and oxygen atoms in total. The topological polar surface area (TPSA) is 79.1 Å². The molecule has 3 heterocycles. The van der Waals surface area contributed by atoms with Crippen LogP contribution in [0.5, 0.6) is 0 Å². The predicted octanol–water partition coefficient (Wildman–Crippen LogP) is 1.94. The van der Waals surface area contributed by atoms with Crippen LogP contribution in [0.1, 0.15) is 38.3 Å². The van der Waals surface area contributed by atoms with Crippen molar-refractivity contribution < 1.29 is 5.11 Å². The fourth-order valence-corrected chi connectivity index (χ4v) is 4.38. The van der Waals surface area contributed by atoms with Crippen LogP contribution in [0.2, 0.25) is 0 Å². The van der Waals surface area contributed by atoms with E-state index in [1.807, 2.05) is 10.9 Å². The van der Waals surface area contributed by atoms with Gasteiger partial charge in [0.05, 0.1) is 24.5 Å². The molecule has 2 aromatic rings. The Morgan fingerprint density at radius 1 is 1.19 bits per heavy atom. The highest BCUT2D eigenvalue weighted by molar-refractivity contribution is 5.32. The largest absolute Gasteiger partial charge is 0.391 e. The van der Waals surface area contributed by atoms with Crippen LogP contribution in [0.4, 0.5) is 5.82 Å². The van der Waals surface area contributed by atoms with Gasteiger partial charge in [0.25, 0.3) is 0 Å². The second-order valence-corrected chi connectivity index (χ2v) is 8.02. The number of rotatable bonds is 5. The summed E-state index contributed by atoms with van der Waals surface area (Å²) >= 11 is 0. The van der Waals surface area contributed by atoms with Crippen LogP contribution in [0.15, 0.2) is 31.0 Å². The summed E-state index contributed by atoms with van der Waals surface area (Å²) in [5.41, 5.74) is 1.27. The van der Waals surface area contributed by atoms with Gasteiger partial charge >= 0.3 is 0 Å². The third-order valence-corrected chi connectivity index (χ3v) is 5.70. The highest BCUT2D eigenvalue weighted by Gasteiger charge is 2.41. The van der Waals surface area contributed by atoms with Gasteiger partial charge in [0, 0.05) is 49.8 Å². The van der Waals surface area contributed by atoms with Crippen molar-refractivity contribution in [2.75, 3.05) is 18.4 Å². The molecule has 26 heavy (non-hydrogen) atoms. The number of aliphatic hydroxyl groups is 1. The van der Waals surface area contributed by atoms with Gasteiger partial charge in [-0.15, -0.1) is 0 Å². The van der Waals surface area contributed by atoms with Gasteiger partial charge in [0.2, 0.25) is 0 Å². The Hall–Kier alpha value is -1.99. The number of aliphatic hydroxyl groups excluding tert-OH is 1. The fraction of sp³-hybridized carbons (Fsp3) is 0.632. The summed E-state index contributed by atoms with van der Waals surface area (Å²) in [6.07, 6.45) is 10.7. The van der Waals surface area contributed by atoms with E-state index in [1.165, 1.54) is 5.56 Å². The zero-order valence-electron chi connectivity index (χ0n) is 15.5. The van der Waals surface area contributed by atoms with Gasteiger partial charge in [0.15, 0.2) is 0 Å². The lowest BCUT2D eigenvalue weighted by atomic mass is 9.77.